The van der Waals surface area contributed by atoms with E-state index in [0.717, 1.165) is 41.1 Å². The summed E-state index contributed by atoms with van der Waals surface area (Å²) in [5.74, 6) is 0. The molecule has 2 atom stereocenters. The average molecular weight is 333 g/mol. The second kappa shape index (κ2) is 5.81. The van der Waals surface area contributed by atoms with E-state index in [9.17, 15) is 0 Å². The molecule has 1 heterocycles. The topological polar surface area (TPSA) is 21.3 Å². The van der Waals surface area contributed by atoms with Crippen LogP contribution in [-0.4, -0.2) is 18.2 Å². The van der Waals surface area contributed by atoms with Gasteiger partial charge in [-0.3, -0.25) is 0 Å². The highest BCUT2D eigenvalue weighted by atomic mass is 79.9. The van der Waals surface area contributed by atoms with Gasteiger partial charge in [0, 0.05) is 22.8 Å². The third-order valence-corrected chi connectivity index (χ3v) is 4.87. The van der Waals surface area contributed by atoms with Crippen molar-refractivity contribution in [2.24, 2.45) is 0 Å². The van der Waals surface area contributed by atoms with Crippen molar-refractivity contribution in [2.45, 2.75) is 44.8 Å². The van der Waals surface area contributed by atoms with Crippen molar-refractivity contribution in [2.75, 3.05) is 11.9 Å². The summed E-state index contributed by atoms with van der Waals surface area (Å²) in [6.45, 7) is 5.19. The second-order valence-electron chi connectivity index (χ2n) is 5.11. The van der Waals surface area contributed by atoms with Gasteiger partial charge in [-0.25, -0.2) is 0 Å². The van der Waals surface area contributed by atoms with Gasteiger partial charge in [-0.15, -0.1) is 0 Å². The predicted octanol–water partition coefficient (Wildman–Crippen LogP) is 4.86. The zero-order valence-electron chi connectivity index (χ0n) is 10.8. The molecule has 1 aromatic carbocycles. The molecule has 1 N–H and O–H groups in total. The Morgan fingerprint density at radius 1 is 1.56 bits per heavy atom. The Morgan fingerprint density at radius 2 is 2.33 bits per heavy atom. The number of ether oxygens (including phenoxy) is 1. The van der Waals surface area contributed by atoms with Crippen molar-refractivity contribution < 1.29 is 4.74 Å². The zero-order valence-corrected chi connectivity index (χ0v) is 13.1. The first-order valence-corrected chi connectivity index (χ1v) is 7.55. The molecule has 0 radical (unpaired) electrons. The van der Waals surface area contributed by atoms with E-state index in [1.165, 1.54) is 0 Å². The van der Waals surface area contributed by atoms with Crippen LogP contribution in [0, 0.1) is 0 Å². The van der Waals surface area contributed by atoms with Crippen molar-refractivity contribution in [1.82, 2.24) is 0 Å². The molecule has 2 nitrogen and oxygen atoms in total. The highest BCUT2D eigenvalue weighted by Crippen LogP contribution is 2.31. The van der Waals surface area contributed by atoms with Gasteiger partial charge in [0.1, 0.15) is 0 Å². The van der Waals surface area contributed by atoms with Gasteiger partial charge in [0.25, 0.3) is 0 Å². The van der Waals surface area contributed by atoms with E-state index in [1.54, 1.807) is 0 Å². The van der Waals surface area contributed by atoms with E-state index in [0.29, 0.717) is 6.04 Å². The Kier molecular flexibility index (Phi) is 4.57. The van der Waals surface area contributed by atoms with Crippen LogP contribution in [0.3, 0.4) is 0 Å². The van der Waals surface area contributed by atoms with E-state index in [1.807, 2.05) is 12.1 Å². The lowest BCUT2D eigenvalue weighted by Gasteiger charge is -2.38. The fraction of sp³-hybridized carbons (Fsp3) is 0.571. The number of nitrogens with one attached hydrogen (secondary N) is 1. The standard InChI is InChI=1S/C14H19BrClNO/c1-3-14(2)9-11(6-7-18-14)17-10-4-5-12(15)13(16)8-10/h4-5,8,11,17H,3,6-7,9H2,1-2H3. The molecular weight excluding hydrogens is 314 g/mol. The van der Waals surface area contributed by atoms with Crippen LogP contribution in [0.4, 0.5) is 5.69 Å². The second-order valence-corrected chi connectivity index (χ2v) is 6.38. The Balaban J connectivity index is 2.02. The van der Waals surface area contributed by atoms with Crippen LogP contribution < -0.4 is 5.32 Å². The third-order valence-electron chi connectivity index (χ3n) is 3.63. The van der Waals surface area contributed by atoms with Gasteiger partial charge in [0.2, 0.25) is 0 Å². The van der Waals surface area contributed by atoms with Crippen molar-refractivity contribution in [1.29, 1.82) is 0 Å². The lowest BCUT2D eigenvalue weighted by atomic mass is 9.90. The predicted molar refractivity (Wildman–Crippen MR) is 80.4 cm³/mol. The zero-order chi connectivity index (χ0) is 13.2. The third kappa shape index (κ3) is 3.40. The van der Waals surface area contributed by atoms with Crippen LogP contribution in [-0.2, 0) is 4.74 Å². The fourth-order valence-electron chi connectivity index (χ4n) is 2.32. The van der Waals surface area contributed by atoms with Crippen molar-refractivity contribution in [3.8, 4) is 0 Å². The molecule has 2 rings (SSSR count). The van der Waals surface area contributed by atoms with E-state index >= 15 is 0 Å². The molecule has 0 amide bonds. The van der Waals surface area contributed by atoms with Crippen LogP contribution in [0.2, 0.25) is 5.02 Å². The van der Waals surface area contributed by atoms with Crippen molar-refractivity contribution >= 4 is 33.2 Å². The number of hydrogen-bond acceptors (Lipinski definition) is 2. The molecule has 18 heavy (non-hydrogen) atoms. The Hall–Kier alpha value is -0.250. The first kappa shape index (κ1) is 14.2. The van der Waals surface area contributed by atoms with Crippen LogP contribution in [0.25, 0.3) is 0 Å². The monoisotopic (exact) mass is 331 g/mol. The lowest BCUT2D eigenvalue weighted by molar-refractivity contribution is -0.0708. The van der Waals surface area contributed by atoms with E-state index < -0.39 is 0 Å². The summed E-state index contributed by atoms with van der Waals surface area (Å²) in [5.41, 5.74) is 1.09. The molecule has 0 aromatic heterocycles. The van der Waals surface area contributed by atoms with E-state index in [-0.39, 0.29) is 5.60 Å². The minimum absolute atomic E-state index is 0.00900. The maximum absolute atomic E-state index is 6.10. The Labute approximate surface area is 122 Å². The maximum Gasteiger partial charge on any atom is 0.0671 e. The Morgan fingerprint density at radius 3 is 3.00 bits per heavy atom. The molecule has 0 bridgehead atoms. The summed E-state index contributed by atoms with van der Waals surface area (Å²) in [6, 6.07) is 6.45. The van der Waals surface area contributed by atoms with Crippen LogP contribution in [0.15, 0.2) is 22.7 Å². The largest absolute Gasteiger partial charge is 0.382 e. The highest BCUT2D eigenvalue weighted by Gasteiger charge is 2.31. The smallest absolute Gasteiger partial charge is 0.0671 e. The summed E-state index contributed by atoms with van der Waals surface area (Å²) in [7, 11) is 0. The quantitative estimate of drug-likeness (QED) is 0.853. The van der Waals surface area contributed by atoms with Gasteiger partial charge in [-0.1, -0.05) is 18.5 Å². The number of hydrogen-bond donors (Lipinski definition) is 1. The summed E-state index contributed by atoms with van der Waals surface area (Å²) in [5, 5.41) is 4.29. The number of benzene rings is 1. The fourth-order valence-corrected chi connectivity index (χ4v) is 2.75. The molecule has 1 fully saturated rings. The molecule has 100 valence electrons. The highest BCUT2D eigenvalue weighted by molar-refractivity contribution is 9.10. The summed E-state index contributed by atoms with van der Waals surface area (Å²) in [4.78, 5) is 0. The first-order chi connectivity index (χ1) is 8.52. The summed E-state index contributed by atoms with van der Waals surface area (Å²) >= 11 is 9.51. The molecule has 0 spiro atoms. The molecule has 2 unspecified atom stereocenters. The van der Waals surface area contributed by atoms with Crippen LogP contribution in [0.1, 0.15) is 33.1 Å². The average Bonchev–Trinajstić information content (AvgIpc) is 2.34. The minimum Gasteiger partial charge on any atom is -0.382 e. The van der Waals surface area contributed by atoms with Gasteiger partial charge >= 0.3 is 0 Å². The van der Waals surface area contributed by atoms with Crippen molar-refractivity contribution in [3.63, 3.8) is 0 Å². The normalized spacial score (nSPS) is 28.1. The van der Waals surface area contributed by atoms with Crippen LogP contribution >= 0.6 is 27.5 Å². The molecule has 0 aliphatic carbocycles. The molecule has 1 aliphatic heterocycles. The first-order valence-electron chi connectivity index (χ1n) is 6.38. The molecule has 1 aromatic rings. The van der Waals surface area contributed by atoms with Gasteiger partial charge in [0.15, 0.2) is 0 Å². The molecule has 0 saturated carbocycles. The molecular formula is C14H19BrClNO. The lowest BCUT2D eigenvalue weighted by Crippen LogP contribution is -2.41. The van der Waals surface area contributed by atoms with E-state index in [4.69, 9.17) is 16.3 Å². The maximum atomic E-state index is 6.10. The SMILES string of the molecule is CCC1(C)CC(Nc2ccc(Br)c(Cl)c2)CCO1. The minimum atomic E-state index is 0.00900. The van der Waals surface area contributed by atoms with Gasteiger partial charge in [-0.2, -0.15) is 0 Å². The van der Waals surface area contributed by atoms with E-state index in [2.05, 4.69) is 41.2 Å². The molecule has 4 heteroatoms. The van der Waals surface area contributed by atoms with Gasteiger partial charge < -0.3 is 10.1 Å². The van der Waals surface area contributed by atoms with Gasteiger partial charge in [-0.05, 0) is 60.3 Å². The molecule has 1 aliphatic rings. The number of rotatable bonds is 3. The molecule has 1 saturated heterocycles. The Bertz CT molecular complexity index is 426. The number of halogens is 2. The van der Waals surface area contributed by atoms with Crippen molar-refractivity contribution in [3.05, 3.63) is 27.7 Å². The summed E-state index contributed by atoms with van der Waals surface area (Å²) < 4.78 is 6.78. The van der Waals surface area contributed by atoms with Crippen LogP contribution in [0.5, 0.6) is 0 Å². The van der Waals surface area contributed by atoms with Gasteiger partial charge in [0.05, 0.1) is 10.6 Å². The summed E-state index contributed by atoms with van der Waals surface area (Å²) in [6.07, 6.45) is 3.13. The number of anilines is 1.